The molecule has 1 amide bonds. The zero-order valence-corrected chi connectivity index (χ0v) is 13.0. The van der Waals surface area contributed by atoms with Gasteiger partial charge in [-0.3, -0.25) is 4.79 Å². The van der Waals surface area contributed by atoms with E-state index >= 15 is 0 Å². The topological polar surface area (TPSA) is 41.6 Å². The van der Waals surface area contributed by atoms with Crippen molar-refractivity contribution in [3.05, 3.63) is 36.7 Å². The summed E-state index contributed by atoms with van der Waals surface area (Å²) in [6, 6.07) is 4.81. The van der Waals surface area contributed by atoms with E-state index in [0.717, 1.165) is 25.9 Å². The van der Waals surface area contributed by atoms with Gasteiger partial charge in [-0.15, -0.1) is 6.58 Å². The number of rotatable bonds is 7. The monoisotopic (exact) mass is 306 g/mol. The van der Waals surface area contributed by atoms with Crippen LogP contribution in [-0.4, -0.2) is 31.7 Å². The zero-order valence-electron chi connectivity index (χ0n) is 13.0. The third-order valence-corrected chi connectivity index (χ3v) is 3.72. The molecule has 22 heavy (non-hydrogen) atoms. The van der Waals surface area contributed by atoms with E-state index in [9.17, 15) is 9.18 Å². The van der Waals surface area contributed by atoms with Crippen LogP contribution in [0.1, 0.15) is 26.2 Å². The summed E-state index contributed by atoms with van der Waals surface area (Å²) in [5.74, 6) is -0.586. The predicted octanol–water partition coefficient (Wildman–Crippen LogP) is 3.35. The van der Waals surface area contributed by atoms with Crippen molar-refractivity contribution in [2.45, 2.75) is 32.3 Å². The summed E-state index contributed by atoms with van der Waals surface area (Å²) >= 11 is 0. The molecule has 1 aliphatic rings. The van der Waals surface area contributed by atoms with Crippen molar-refractivity contribution in [3.63, 3.8) is 0 Å². The highest BCUT2D eigenvalue weighted by molar-refractivity contribution is 5.94. The molecule has 1 fully saturated rings. The first-order valence-electron chi connectivity index (χ1n) is 7.69. The molecule has 5 heteroatoms. The molecule has 1 unspecified atom stereocenters. The number of anilines is 2. The van der Waals surface area contributed by atoms with E-state index in [-0.39, 0.29) is 11.7 Å². The Morgan fingerprint density at radius 1 is 1.50 bits per heavy atom. The SMILES string of the molecule is C=CCCOC(C)C(=O)Nc1ccc(N2CCCC2)c(F)c1. The van der Waals surface area contributed by atoms with Gasteiger partial charge in [-0.2, -0.15) is 0 Å². The maximum absolute atomic E-state index is 14.2. The minimum absolute atomic E-state index is 0.280. The summed E-state index contributed by atoms with van der Waals surface area (Å²) in [5.41, 5.74) is 1.05. The fourth-order valence-corrected chi connectivity index (χ4v) is 2.45. The molecule has 0 aliphatic carbocycles. The molecule has 1 atom stereocenters. The lowest BCUT2D eigenvalue weighted by molar-refractivity contribution is -0.126. The zero-order chi connectivity index (χ0) is 15.9. The minimum atomic E-state index is -0.582. The normalized spacial score (nSPS) is 15.6. The van der Waals surface area contributed by atoms with Gasteiger partial charge in [0.2, 0.25) is 0 Å². The average molecular weight is 306 g/mol. The lowest BCUT2D eigenvalue weighted by Gasteiger charge is -2.19. The van der Waals surface area contributed by atoms with Gasteiger partial charge in [0, 0.05) is 18.8 Å². The first-order chi connectivity index (χ1) is 10.6. The molecule has 4 nitrogen and oxygen atoms in total. The molecule has 0 aromatic heterocycles. The number of amides is 1. The first kappa shape index (κ1) is 16.5. The number of nitrogens with zero attached hydrogens (tertiary/aromatic N) is 1. The summed E-state index contributed by atoms with van der Waals surface area (Å²) < 4.78 is 19.5. The van der Waals surface area contributed by atoms with Gasteiger partial charge in [-0.25, -0.2) is 4.39 Å². The molecule has 1 aromatic rings. The van der Waals surface area contributed by atoms with Gasteiger partial charge < -0.3 is 15.0 Å². The molecule has 0 saturated carbocycles. The van der Waals surface area contributed by atoms with Crippen LogP contribution in [-0.2, 0) is 9.53 Å². The molecular formula is C17H23FN2O2. The Kier molecular flexibility index (Phi) is 5.95. The molecule has 0 bridgehead atoms. The van der Waals surface area contributed by atoms with Gasteiger partial charge in [0.05, 0.1) is 12.3 Å². The van der Waals surface area contributed by atoms with Crippen molar-refractivity contribution in [3.8, 4) is 0 Å². The van der Waals surface area contributed by atoms with Crippen LogP contribution in [0.15, 0.2) is 30.9 Å². The molecule has 1 heterocycles. The summed E-state index contributed by atoms with van der Waals surface area (Å²) in [4.78, 5) is 14.0. The second-order valence-electron chi connectivity index (χ2n) is 5.44. The highest BCUT2D eigenvalue weighted by Crippen LogP contribution is 2.26. The second-order valence-corrected chi connectivity index (χ2v) is 5.44. The van der Waals surface area contributed by atoms with E-state index in [1.165, 1.54) is 6.07 Å². The summed E-state index contributed by atoms with van der Waals surface area (Å²) in [5, 5.41) is 2.68. The first-order valence-corrected chi connectivity index (χ1v) is 7.69. The Labute approximate surface area is 131 Å². The van der Waals surface area contributed by atoms with Gasteiger partial charge in [0.25, 0.3) is 5.91 Å². The van der Waals surface area contributed by atoms with E-state index in [0.29, 0.717) is 24.4 Å². The molecule has 0 radical (unpaired) electrons. The summed E-state index contributed by atoms with van der Waals surface area (Å²) in [7, 11) is 0. The standard InChI is InChI=1S/C17H23FN2O2/c1-3-4-11-22-13(2)17(21)19-14-7-8-16(15(18)12-14)20-9-5-6-10-20/h3,7-8,12-13H,1,4-6,9-11H2,2H3,(H,19,21). The molecule has 0 spiro atoms. The molecule has 1 N–H and O–H groups in total. The van der Waals surface area contributed by atoms with Crippen LogP contribution >= 0.6 is 0 Å². The Balaban J connectivity index is 1.93. The third-order valence-electron chi connectivity index (χ3n) is 3.72. The van der Waals surface area contributed by atoms with E-state index in [2.05, 4.69) is 11.9 Å². The van der Waals surface area contributed by atoms with Gasteiger partial charge in [0.15, 0.2) is 0 Å². The van der Waals surface area contributed by atoms with Crippen molar-refractivity contribution >= 4 is 17.3 Å². The number of carbonyl (C=O) groups is 1. The van der Waals surface area contributed by atoms with E-state index < -0.39 is 6.10 Å². The van der Waals surface area contributed by atoms with E-state index in [1.54, 1.807) is 25.1 Å². The minimum Gasteiger partial charge on any atom is -0.369 e. The van der Waals surface area contributed by atoms with Crippen LogP contribution in [0.3, 0.4) is 0 Å². The Bertz CT molecular complexity index is 527. The largest absolute Gasteiger partial charge is 0.369 e. The quantitative estimate of drug-likeness (QED) is 0.620. The van der Waals surface area contributed by atoms with Crippen molar-refractivity contribution in [1.82, 2.24) is 0 Å². The number of benzene rings is 1. The Morgan fingerprint density at radius 3 is 2.86 bits per heavy atom. The number of hydrogen-bond donors (Lipinski definition) is 1. The summed E-state index contributed by atoms with van der Waals surface area (Å²) in [6.45, 7) is 7.48. The number of halogens is 1. The number of ether oxygens (including phenoxy) is 1. The number of nitrogens with one attached hydrogen (secondary N) is 1. The van der Waals surface area contributed by atoms with Gasteiger partial charge in [-0.05, 0) is 44.4 Å². The van der Waals surface area contributed by atoms with Crippen molar-refractivity contribution in [2.24, 2.45) is 0 Å². The highest BCUT2D eigenvalue weighted by Gasteiger charge is 2.18. The van der Waals surface area contributed by atoms with Crippen molar-refractivity contribution in [2.75, 3.05) is 29.9 Å². The van der Waals surface area contributed by atoms with Gasteiger partial charge in [0.1, 0.15) is 11.9 Å². The molecule has 120 valence electrons. The molecule has 1 aromatic carbocycles. The smallest absolute Gasteiger partial charge is 0.253 e. The van der Waals surface area contributed by atoms with Crippen LogP contribution in [0.4, 0.5) is 15.8 Å². The highest BCUT2D eigenvalue weighted by atomic mass is 19.1. The summed E-state index contributed by atoms with van der Waals surface area (Å²) in [6.07, 6.45) is 4.03. The average Bonchev–Trinajstić information content (AvgIpc) is 3.01. The van der Waals surface area contributed by atoms with Crippen LogP contribution in [0.2, 0.25) is 0 Å². The van der Waals surface area contributed by atoms with Crippen LogP contribution in [0.5, 0.6) is 0 Å². The lowest BCUT2D eigenvalue weighted by atomic mass is 10.2. The molecule has 1 saturated heterocycles. The lowest BCUT2D eigenvalue weighted by Crippen LogP contribution is -2.28. The van der Waals surface area contributed by atoms with Crippen molar-refractivity contribution < 1.29 is 13.9 Å². The second kappa shape index (κ2) is 7.94. The van der Waals surface area contributed by atoms with Crippen LogP contribution in [0, 0.1) is 5.82 Å². The van der Waals surface area contributed by atoms with E-state index in [1.807, 2.05) is 4.90 Å². The number of hydrogen-bond acceptors (Lipinski definition) is 3. The molecular weight excluding hydrogens is 283 g/mol. The maximum Gasteiger partial charge on any atom is 0.253 e. The van der Waals surface area contributed by atoms with E-state index in [4.69, 9.17) is 4.74 Å². The van der Waals surface area contributed by atoms with Gasteiger partial charge in [-0.1, -0.05) is 6.08 Å². The molecule has 2 rings (SSSR count). The fourth-order valence-electron chi connectivity index (χ4n) is 2.45. The number of carbonyl (C=O) groups excluding carboxylic acids is 1. The molecule has 1 aliphatic heterocycles. The van der Waals surface area contributed by atoms with Crippen molar-refractivity contribution in [1.29, 1.82) is 0 Å². The predicted molar refractivity (Wildman–Crippen MR) is 86.7 cm³/mol. The maximum atomic E-state index is 14.2. The van der Waals surface area contributed by atoms with Crippen LogP contribution in [0.25, 0.3) is 0 Å². The van der Waals surface area contributed by atoms with Crippen LogP contribution < -0.4 is 10.2 Å². The Hall–Kier alpha value is -1.88. The Morgan fingerprint density at radius 2 is 2.23 bits per heavy atom. The van der Waals surface area contributed by atoms with Gasteiger partial charge >= 0.3 is 0 Å². The third kappa shape index (κ3) is 4.31. The fraction of sp³-hybridized carbons (Fsp3) is 0.471.